The number of carboxylic acids is 1. The fourth-order valence-electron chi connectivity index (χ4n) is 13.7. The van der Waals surface area contributed by atoms with Crippen LogP contribution >= 0.6 is 0 Å². The highest BCUT2D eigenvalue weighted by atomic mass is 32.2. The molecule has 0 saturated carbocycles. The first-order valence-electron chi connectivity index (χ1n) is 38.3. The maximum atomic E-state index is 14.0. The van der Waals surface area contributed by atoms with E-state index in [1.807, 2.05) is 30.9 Å². The normalized spacial score (nSPS) is 15.0. The summed E-state index contributed by atoms with van der Waals surface area (Å²) < 4.78 is 76.0. The van der Waals surface area contributed by atoms with Gasteiger partial charge in [-0.25, -0.2) is 16.8 Å². The van der Waals surface area contributed by atoms with Crippen molar-refractivity contribution in [1.82, 2.24) is 45.4 Å². The summed E-state index contributed by atoms with van der Waals surface area (Å²) in [6, 6.07) is 23.1. The van der Waals surface area contributed by atoms with Gasteiger partial charge in [-0.3, -0.25) is 43.2 Å². The van der Waals surface area contributed by atoms with Crippen molar-refractivity contribution in [2.75, 3.05) is 66.6 Å². The Bertz CT molecular complexity index is 4590. The van der Waals surface area contributed by atoms with Crippen molar-refractivity contribution in [1.29, 1.82) is 10.5 Å². The van der Waals surface area contributed by atoms with Gasteiger partial charge in [0, 0.05) is 58.0 Å². The van der Waals surface area contributed by atoms with Crippen LogP contribution in [0, 0.1) is 70.1 Å². The quantitative estimate of drug-likeness (QED) is 0.0213. The zero-order chi connectivity index (χ0) is 84.4. The number of amides is 7. The molecular weight excluding hydrogens is 1500 g/mol. The van der Waals surface area contributed by atoms with Gasteiger partial charge in [0.1, 0.15) is 54.4 Å². The standard InChI is InChI=1S/C35H47N5O8S.C31H39N5O8S.C18H25NO/c1-22-17-29(47-7)23(2)24(3)32(22)49(45,46)39-27(19-30(41)37-21-31(42)48-35(4,5)6)33(43)38-28(34(44)40-15-9-8-10-16-40)18-25-11-13-26(20-36)14-12-25;1-19-14-26(44-4)20(2)21(3)29(19)45(42,43)35-24(16-27(37)33-18-28(38)39)30(40)34-25(31(41)36-12-6-5-7-13-36)15-22-8-10-23(17-32)11-9-22;1-14(2)17-9-7-16(8-10-17)13-15(3)18(20)19-11-5-4-6-12-19/h11-14,17,27-28,39H,8-10,15-16,18-19,21H2,1-7H3,(H,37,41)(H,38,43);8-11,14,24-25,35H,5-7,12-13,15-16,18H2,1-4H3,(H,33,37)(H,34,40)(H,38,39);7-10,15H,1,4-6,11-13H2,2-3H3/t27-,28+;24-,25+;15-/m001/s1. The third-order valence-corrected chi connectivity index (χ3v) is 23.4. The molecule has 3 aliphatic heterocycles. The number of nitrogens with one attached hydrogen (secondary N) is 6. The molecule has 5 aromatic carbocycles. The highest BCUT2D eigenvalue weighted by Crippen LogP contribution is 2.33. The van der Waals surface area contributed by atoms with Gasteiger partial charge in [-0.1, -0.05) is 67.6 Å². The van der Waals surface area contributed by atoms with Gasteiger partial charge in [-0.15, -0.1) is 0 Å². The molecule has 7 amide bonds. The lowest BCUT2D eigenvalue weighted by atomic mass is 9.97. The largest absolute Gasteiger partial charge is 0.496 e. The number of methoxy groups -OCH3 is 2. The highest BCUT2D eigenvalue weighted by Gasteiger charge is 2.38. The van der Waals surface area contributed by atoms with Crippen molar-refractivity contribution >= 4 is 78.9 Å². The van der Waals surface area contributed by atoms with Crippen LogP contribution in [0.1, 0.15) is 172 Å². The number of sulfonamides is 2. The van der Waals surface area contributed by atoms with E-state index in [9.17, 15) is 65.2 Å². The molecule has 5 atom stereocenters. The molecule has 8 rings (SSSR count). The van der Waals surface area contributed by atoms with E-state index >= 15 is 0 Å². The Hall–Kier alpha value is -10.5. The fourth-order valence-corrected chi connectivity index (χ4v) is 17.2. The van der Waals surface area contributed by atoms with Gasteiger partial charge in [-0.2, -0.15) is 20.0 Å². The number of aryl methyl sites for hydroxylation is 2. The summed E-state index contributed by atoms with van der Waals surface area (Å²) in [5.41, 5.74) is 7.49. The summed E-state index contributed by atoms with van der Waals surface area (Å²) >= 11 is 0. The van der Waals surface area contributed by atoms with Crippen LogP contribution < -0.4 is 40.2 Å². The number of carbonyl (C=O) groups is 9. The number of allylic oxidation sites excluding steroid dienone is 1. The SMILES string of the molecule is C=C(C)c1ccc(C[C@@H](C)C(=O)N2CCCCC2)cc1.COc1cc(C)c(S(=O)(=O)N[C@@H](CC(=O)NCC(=O)O)C(=O)N[C@H](Cc2ccc(C#N)cc2)C(=O)N2CCCCC2)c(C)c1C.COc1cc(C)c(S(=O)(=O)N[C@@H](CC(=O)NCC(=O)OC(C)(C)C)C(=O)N[C@H](Cc2ccc(C#N)cc2)C(=O)N2CCCCC2)c(C)c1C. The van der Waals surface area contributed by atoms with E-state index in [1.165, 1.54) is 31.8 Å². The molecule has 3 aliphatic rings. The Morgan fingerprint density at radius 1 is 0.509 bits per heavy atom. The van der Waals surface area contributed by atoms with Crippen molar-refractivity contribution < 1.29 is 79.3 Å². The lowest BCUT2D eigenvalue weighted by Crippen LogP contribution is -2.56. The van der Waals surface area contributed by atoms with Crippen LogP contribution in [0.2, 0.25) is 0 Å². The molecule has 114 heavy (non-hydrogen) atoms. The van der Waals surface area contributed by atoms with E-state index in [-0.39, 0.29) is 40.4 Å². The lowest BCUT2D eigenvalue weighted by molar-refractivity contribution is -0.154. The van der Waals surface area contributed by atoms with Gasteiger partial charge in [0.2, 0.25) is 61.4 Å². The number of rotatable bonds is 30. The number of nitriles is 2. The van der Waals surface area contributed by atoms with Gasteiger partial charge in [0.15, 0.2) is 0 Å². The van der Waals surface area contributed by atoms with Crippen LogP contribution in [0.25, 0.3) is 5.57 Å². The maximum Gasteiger partial charge on any atom is 0.325 e. The molecule has 3 heterocycles. The Morgan fingerprint density at radius 3 is 1.18 bits per heavy atom. The van der Waals surface area contributed by atoms with E-state index in [1.54, 1.807) is 133 Å². The number of benzene rings is 5. The minimum absolute atomic E-state index is 0.0490. The monoisotopic (exact) mass is 1610 g/mol. The van der Waals surface area contributed by atoms with E-state index < -0.39 is 111 Å². The zero-order valence-electron chi connectivity index (χ0n) is 67.8. The van der Waals surface area contributed by atoms with Gasteiger partial charge in [0.25, 0.3) is 0 Å². The van der Waals surface area contributed by atoms with Crippen LogP contribution in [0.4, 0.5) is 0 Å². The molecule has 0 aliphatic carbocycles. The topological polar surface area (TPSA) is 399 Å². The van der Waals surface area contributed by atoms with E-state index in [0.29, 0.717) is 99.2 Å². The summed E-state index contributed by atoms with van der Waals surface area (Å²) in [7, 11) is -5.91. The number of carboxylic acid groups (broad SMARTS) is 1. The molecule has 616 valence electrons. The molecule has 0 radical (unpaired) electrons. The number of hydrogen-bond donors (Lipinski definition) is 7. The summed E-state index contributed by atoms with van der Waals surface area (Å²) in [5.74, 6) is -4.89. The Balaban J connectivity index is 0.000000287. The van der Waals surface area contributed by atoms with Crippen molar-refractivity contribution in [2.45, 2.75) is 206 Å². The summed E-state index contributed by atoms with van der Waals surface area (Å²) in [6.45, 7) is 25.5. The number of likely N-dealkylation sites (tertiary alicyclic amines) is 3. The van der Waals surface area contributed by atoms with E-state index in [0.717, 1.165) is 76.5 Å². The summed E-state index contributed by atoms with van der Waals surface area (Å²) in [5, 5.41) is 37.2. The highest BCUT2D eigenvalue weighted by molar-refractivity contribution is 7.90. The second-order valence-electron chi connectivity index (χ2n) is 30.1. The first kappa shape index (κ1) is 92.3. The number of esters is 1. The van der Waals surface area contributed by atoms with Gasteiger partial charge in [-0.05, 0) is 225 Å². The number of nitrogens with zero attached hydrogens (tertiary/aromatic N) is 5. The molecular formula is C84H111N11O17S2. The van der Waals surface area contributed by atoms with Crippen LogP contribution in [0.15, 0.2) is 101 Å². The minimum atomic E-state index is -4.42. The molecule has 0 spiro atoms. The molecule has 28 nitrogen and oxygen atoms in total. The molecule has 30 heteroatoms. The average molecular weight is 1610 g/mol. The van der Waals surface area contributed by atoms with Gasteiger partial charge < -0.3 is 55.3 Å². The average Bonchev–Trinajstić information content (AvgIpc) is 0.779. The number of hydrogen-bond acceptors (Lipinski definition) is 18. The molecule has 7 N–H and O–H groups in total. The number of ether oxygens (including phenoxy) is 3. The number of piperidine rings is 3. The number of carbonyl (C=O) groups excluding carboxylic acids is 8. The zero-order valence-corrected chi connectivity index (χ0v) is 69.4. The Labute approximate surface area is 670 Å². The summed E-state index contributed by atoms with van der Waals surface area (Å²) in [4.78, 5) is 122. The number of aliphatic carboxylic acids is 1. The molecule has 0 unspecified atom stereocenters. The van der Waals surface area contributed by atoms with Crippen molar-refractivity contribution in [2.24, 2.45) is 5.92 Å². The van der Waals surface area contributed by atoms with Crippen molar-refractivity contribution in [3.8, 4) is 23.6 Å². The van der Waals surface area contributed by atoms with Crippen LogP contribution in [-0.4, -0.2) is 186 Å². The third-order valence-electron chi connectivity index (χ3n) is 19.9. The van der Waals surface area contributed by atoms with Gasteiger partial charge >= 0.3 is 11.9 Å². The lowest BCUT2D eigenvalue weighted by Gasteiger charge is -2.31. The summed E-state index contributed by atoms with van der Waals surface area (Å²) in [6.07, 6.45) is 8.27. The Morgan fingerprint density at radius 2 is 0.851 bits per heavy atom. The smallest absolute Gasteiger partial charge is 0.325 e. The van der Waals surface area contributed by atoms with Gasteiger partial charge in [0.05, 0.1) is 60.1 Å². The maximum absolute atomic E-state index is 14.0. The first-order chi connectivity index (χ1) is 53.8. The molecule has 0 aromatic heterocycles. The Kier molecular flexibility index (Phi) is 34.9. The third kappa shape index (κ3) is 27.6. The van der Waals surface area contributed by atoms with Crippen LogP contribution in [-0.2, 0) is 87.2 Å². The predicted molar refractivity (Wildman–Crippen MR) is 430 cm³/mol. The molecule has 0 bridgehead atoms. The van der Waals surface area contributed by atoms with Crippen molar-refractivity contribution in [3.63, 3.8) is 0 Å². The van der Waals surface area contributed by atoms with Crippen molar-refractivity contribution in [3.05, 3.63) is 158 Å². The van der Waals surface area contributed by atoms with E-state index in [2.05, 4.69) is 61.6 Å². The van der Waals surface area contributed by atoms with Crippen LogP contribution in [0.5, 0.6) is 11.5 Å². The fraction of sp³-hybridized carbons (Fsp3) is 0.488. The molecule has 5 aromatic rings. The first-order valence-corrected chi connectivity index (χ1v) is 41.3. The van der Waals surface area contributed by atoms with Crippen LogP contribution in [0.3, 0.4) is 0 Å². The second-order valence-corrected chi connectivity index (χ2v) is 33.4. The molecule has 3 saturated heterocycles. The predicted octanol–water partition coefficient (Wildman–Crippen LogP) is 8.11. The van der Waals surface area contributed by atoms with E-state index in [4.69, 9.17) is 24.6 Å². The second kappa shape index (κ2) is 43.1. The molecule has 3 fully saturated rings. The minimum Gasteiger partial charge on any atom is -0.496 e.